The molecule has 0 heterocycles. The number of hydrogen-bond acceptors (Lipinski definition) is 5. The molecule has 104 valence electrons. The van der Waals surface area contributed by atoms with Gasteiger partial charge >= 0.3 is 5.97 Å². The topological polar surface area (TPSA) is 61.8 Å². The molecule has 1 unspecified atom stereocenters. The summed E-state index contributed by atoms with van der Waals surface area (Å²) in [6.45, 7) is 1.68. The van der Waals surface area contributed by atoms with E-state index >= 15 is 0 Å². The number of carbonyl (C=O) groups is 2. The number of carbonyl (C=O) groups excluding carboxylic acids is 2. The average Bonchev–Trinajstić information content (AvgIpc) is 2.45. The highest BCUT2D eigenvalue weighted by Gasteiger charge is 2.22. The van der Waals surface area contributed by atoms with Gasteiger partial charge in [0.1, 0.15) is 11.5 Å². The third-order valence-corrected chi connectivity index (χ3v) is 2.82. The largest absolute Gasteiger partial charge is 0.497 e. The maximum Gasteiger partial charge on any atom is 0.306 e. The first-order chi connectivity index (χ1) is 9.03. The lowest BCUT2D eigenvalue weighted by molar-refractivity contribution is -0.141. The lowest BCUT2D eigenvalue weighted by atomic mass is 9.95. The van der Waals surface area contributed by atoms with Crippen LogP contribution in [0.3, 0.4) is 0 Å². The van der Waals surface area contributed by atoms with E-state index in [4.69, 9.17) is 9.47 Å². The number of ether oxygens (including phenoxy) is 3. The second-order valence-electron chi connectivity index (χ2n) is 4.11. The number of rotatable bonds is 6. The molecular formula is C14H18O5. The van der Waals surface area contributed by atoms with Crippen LogP contribution in [0.2, 0.25) is 0 Å². The molecule has 0 fully saturated rings. The standard InChI is InChI=1S/C14H18O5/c1-9(7-13(15)19-4)14(16)11-6-5-10(17-2)8-12(11)18-3/h5-6,8-9H,7H2,1-4H3. The van der Waals surface area contributed by atoms with Crippen molar-refractivity contribution in [2.75, 3.05) is 21.3 Å². The molecule has 1 rings (SSSR count). The lowest BCUT2D eigenvalue weighted by Gasteiger charge is -2.13. The first-order valence-electron chi connectivity index (χ1n) is 5.86. The number of Topliss-reactive ketones (excluding diaryl/α,β-unsaturated/α-hetero) is 1. The van der Waals surface area contributed by atoms with Crippen LogP contribution in [0.1, 0.15) is 23.7 Å². The maximum atomic E-state index is 12.2. The number of benzene rings is 1. The molecule has 1 atom stereocenters. The monoisotopic (exact) mass is 266 g/mol. The van der Waals surface area contributed by atoms with Crippen LogP contribution in [0.15, 0.2) is 18.2 Å². The van der Waals surface area contributed by atoms with Crippen molar-refractivity contribution in [3.05, 3.63) is 23.8 Å². The molecule has 1 aromatic rings. The molecule has 5 heteroatoms. The first-order valence-corrected chi connectivity index (χ1v) is 5.86. The zero-order chi connectivity index (χ0) is 14.4. The number of ketones is 1. The van der Waals surface area contributed by atoms with Crippen LogP contribution in [0.4, 0.5) is 0 Å². The van der Waals surface area contributed by atoms with Gasteiger partial charge in [-0.25, -0.2) is 0 Å². The van der Waals surface area contributed by atoms with E-state index in [1.807, 2.05) is 0 Å². The quantitative estimate of drug-likeness (QED) is 0.582. The van der Waals surface area contributed by atoms with Gasteiger partial charge in [-0.05, 0) is 12.1 Å². The van der Waals surface area contributed by atoms with Gasteiger partial charge in [0, 0.05) is 12.0 Å². The number of hydrogen-bond donors (Lipinski definition) is 0. The second kappa shape index (κ2) is 6.78. The predicted molar refractivity (Wildman–Crippen MR) is 69.7 cm³/mol. The smallest absolute Gasteiger partial charge is 0.306 e. The van der Waals surface area contributed by atoms with E-state index in [0.29, 0.717) is 17.1 Å². The number of methoxy groups -OCH3 is 3. The van der Waals surface area contributed by atoms with Crippen molar-refractivity contribution in [1.82, 2.24) is 0 Å². The summed E-state index contributed by atoms with van der Waals surface area (Å²) in [6.07, 6.45) is 0.0461. The lowest BCUT2D eigenvalue weighted by Crippen LogP contribution is -2.17. The highest BCUT2D eigenvalue weighted by atomic mass is 16.5. The van der Waals surface area contributed by atoms with Crippen molar-refractivity contribution in [2.45, 2.75) is 13.3 Å². The Balaban J connectivity index is 2.95. The summed E-state index contributed by atoms with van der Waals surface area (Å²) in [5.74, 6) is 0.00284. The zero-order valence-corrected chi connectivity index (χ0v) is 11.6. The zero-order valence-electron chi connectivity index (χ0n) is 11.6. The molecule has 0 aliphatic heterocycles. The van der Waals surface area contributed by atoms with Crippen molar-refractivity contribution in [3.63, 3.8) is 0 Å². The highest BCUT2D eigenvalue weighted by molar-refractivity contribution is 6.01. The van der Waals surface area contributed by atoms with Crippen LogP contribution in [0.25, 0.3) is 0 Å². The van der Waals surface area contributed by atoms with Crippen molar-refractivity contribution >= 4 is 11.8 Å². The van der Waals surface area contributed by atoms with Crippen LogP contribution in [0.5, 0.6) is 11.5 Å². The van der Waals surface area contributed by atoms with E-state index in [-0.39, 0.29) is 12.2 Å². The summed E-state index contributed by atoms with van der Waals surface area (Å²) in [5, 5.41) is 0. The van der Waals surface area contributed by atoms with Gasteiger partial charge in [-0.3, -0.25) is 9.59 Å². The van der Waals surface area contributed by atoms with Crippen LogP contribution < -0.4 is 9.47 Å². The van der Waals surface area contributed by atoms with Gasteiger partial charge < -0.3 is 14.2 Å². The van der Waals surface area contributed by atoms with Crippen LogP contribution >= 0.6 is 0 Å². The third kappa shape index (κ3) is 3.71. The molecule has 0 spiro atoms. The minimum absolute atomic E-state index is 0.0461. The Morgan fingerprint density at radius 1 is 1.16 bits per heavy atom. The van der Waals surface area contributed by atoms with E-state index in [0.717, 1.165) is 0 Å². The SMILES string of the molecule is COC(=O)CC(C)C(=O)c1ccc(OC)cc1OC. The Morgan fingerprint density at radius 2 is 1.84 bits per heavy atom. The van der Waals surface area contributed by atoms with Crippen molar-refractivity contribution in [3.8, 4) is 11.5 Å². The minimum atomic E-state index is -0.463. The van der Waals surface area contributed by atoms with Crippen molar-refractivity contribution in [1.29, 1.82) is 0 Å². The van der Waals surface area contributed by atoms with Crippen molar-refractivity contribution in [2.24, 2.45) is 5.92 Å². The Hall–Kier alpha value is -2.04. The molecular weight excluding hydrogens is 248 g/mol. The molecule has 0 aliphatic rings. The second-order valence-corrected chi connectivity index (χ2v) is 4.11. The molecule has 1 aromatic carbocycles. The summed E-state index contributed by atoms with van der Waals surface area (Å²) >= 11 is 0. The normalized spacial score (nSPS) is 11.6. The van der Waals surface area contributed by atoms with Gasteiger partial charge in [0.15, 0.2) is 5.78 Å². The number of esters is 1. The molecule has 0 aromatic heterocycles. The van der Waals surface area contributed by atoms with E-state index in [9.17, 15) is 9.59 Å². The summed E-state index contributed by atoms with van der Waals surface area (Å²) in [4.78, 5) is 23.4. The molecule has 19 heavy (non-hydrogen) atoms. The molecule has 0 aliphatic carbocycles. The highest BCUT2D eigenvalue weighted by Crippen LogP contribution is 2.27. The van der Waals surface area contributed by atoms with Gasteiger partial charge in [0.05, 0.1) is 33.3 Å². The first kappa shape index (κ1) is 15.0. The van der Waals surface area contributed by atoms with E-state index in [1.54, 1.807) is 25.1 Å². The predicted octanol–water partition coefficient (Wildman–Crippen LogP) is 2.09. The van der Waals surface area contributed by atoms with Gasteiger partial charge in [-0.1, -0.05) is 6.92 Å². The Bertz CT molecular complexity index is 467. The van der Waals surface area contributed by atoms with E-state index in [2.05, 4.69) is 4.74 Å². The Labute approximate surface area is 112 Å². The minimum Gasteiger partial charge on any atom is -0.497 e. The fourth-order valence-corrected chi connectivity index (χ4v) is 1.69. The summed E-state index contributed by atoms with van der Waals surface area (Å²) in [5.41, 5.74) is 0.430. The van der Waals surface area contributed by atoms with Crippen LogP contribution in [-0.4, -0.2) is 33.1 Å². The van der Waals surface area contributed by atoms with Crippen LogP contribution in [-0.2, 0) is 9.53 Å². The summed E-state index contributed by atoms with van der Waals surface area (Å²) < 4.78 is 14.8. The third-order valence-electron chi connectivity index (χ3n) is 2.82. The molecule has 0 radical (unpaired) electrons. The molecule has 0 amide bonds. The van der Waals surface area contributed by atoms with Crippen LogP contribution in [0, 0.1) is 5.92 Å². The molecule has 5 nitrogen and oxygen atoms in total. The fraction of sp³-hybridized carbons (Fsp3) is 0.429. The fourth-order valence-electron chi connectivity index (χ4n) is 1.69. The van der Waals surface area contributed by atoms with Gasteiger partial charge in [-0.15, -0.1) is 0 Å². The maximum absolute atomic E-state index is 12.2. The summed E-state index contributed by atoms with van der Waals surface area (Å²) in [7, 11) is 4.32. The molecule has 0 N–H and O–H groups in total. The van der Waals surface area contributed by atoms with E-state index in [1.165, 1.54) is 21.3 Å². The molecule has 0 saturated carbocycles. The molecule has 0 bridgehead atoms. The Morgan fingerprint density at radius 3 is 2.37 bits per heavy atom. The Kier molecular flexibility index (Phi) is 5.36. The van der Waals surface area contributed by atoms with E-state index < -0.39 is 11.9 Å². The molecule has 0 saturated heterocycles. The van der Waals surface area contributed by atoms with Gasteiger partial charge in [-0.2, -0.15) is 0 Å². The summed E-state index contributed by atoms with van der Waals surface area (Å²) in [6, 6.07) is 4.95. The average molecular weight is 266 g/mol. The van der Waals surface area contributed by atoms with Gasteiger partial charge in [0.2, 0.25) is 0 Å². The van der Waals surface area contributed by atoms with Crippen molar-refractivity contribution < 1.29 is 23.8 Å². The van der Waals surface area contributed by atoms with Gasteiger partial charge in [0.25, 0.3) is 0 Å².